The highest BCUT2D eigenvalue weighted by atomic mass is 32.1. The first-order valence-corrected chi connectivity index (χ1v) is 10.7. The van der Waals surface area contributed by atoms with Crippen LogP contribution in [0.15, 0.2) is 54.6 Å². The molecule has 0 saturated carbocycles. The van der Waals surface area contributed by atoms with Gasteiger partial charge in [0.05, 0.1) is 17.1 Å². The molecule has 0 unspecified atom stereocenters. The minimum Gasteiger partial charge on any atom is -0.352 e. The van der Waals surface area contributed by atoms with Gasteiger partial charge in [-0.1, -0.05) is 18.2 Å². The van der Waals surface area contributed by atoms with Crippen LogP contribution in [0.4, 0.5) is 10.1 Å². The van der Waals surface area contributed by atoms with Gasteiger partial charge in [-0.25, -0.2) is 4.39 Å². The second kappa shape index (κ2) is 8.69. The van der Waals surface area contributed by atoms with Crippen molar-refractivity contribution in [1.82, 2.24) is 15.1 Å². The molecule has 4 rings (SSSR count). The third kappa shape index (κ3) is 4.49. The molecule has 2 heterocycles. The average molecular weight is 437 g/mol. The third-order valence-corrected chi connectivity index (χ3v) is 5.94. The maximum absolute atomic E-state index is 13.2. The van der Waals surface area contributed by atoms with E-state index in [9.17, 15) is 14.0 Å². The fraction of sp³-hybridized carbons (Fsp3) is 0.174. The van der Waals surface area contributed by atoms with E-state index in [0.717, 1.165) is 21.5 Å². The fourth-order valence-electron chi connectivity index (χ4n) is 3.29. The minimum absolute atomic E-state index is 0.183. The Hall–Kier alpha value is -3.52. The standard InChI is InChI=1S/C23H21FN4O2S/c1-3-25-21(29)16-5-4-6-18(11-16)26-22(30)20-12-19-14(2)27-28(23(19)31-20)13-15-7-9-17(24)10-8-15/h4-12H,3,13H2,1-2H3,(H,25,29)(H,26,30). The van der Waals surface area contributed by atoms with E-state index in [0.29, 0.717) is 29.2 Å². The van der Waals surface area contributed by atoms with Crippen LogP contribution in [-0.2, 0) is 6.54 Å². The van der Waals surface area contributed by atoms with Crippen molar-refractivity contribution < 1.29 is 14.0 Å². The van der Waals surface area contributed by atoms with Gasteiger partial charge in [-0.3, -0.25) is 14.3 Å². The summed E-state index contributed by atoms with van der Waals surface area (Å²) in [4.78, 5) is 26.3. The van der Waals surface area contributed by atoms with Crippen LogP contribution in [0, 0.1) is 12.7 Å². The highest BCUT2D eigenvalue weighted by Crippen LogP contribution is 2.29. The van der Waals surface area contributed by atoms with Crippen LogP contribution < -0.4 is 10.6 Å². The molecular weight excluding hydrogens is 415 g/mol. The van der Waals surface area contributed by atoms with Crippen LogP contribution in [0.5, 0.6) is 0 Å². The van der Waals surface area contributed by atoms with Gasteiger partial charge in [0.15, 0.2) is 0 Å². The number of carbonyl (C=O) groups is 2. The van der Waals surface area contributed by atoms with Crippen LogP contribution in [0.3, 0.4) is 0 Å². The molecule has 2 N–H and O–H groups in total. The molecule has 2 amide bonds. The second-order valence-electron chi connectivity index (χ2n) is 7.09. The largest absolute Gasteiger partial charge is 0.352 e. The Kier molecular flexibility index (Phi) is 5.81. The lowest BCUT2D eigenvalue weighted by Crippen LogP contribution is -2.22. The van der Waals surface area contributed by atoms with Crippen LogP contribution >= 0.6 is 11.3 Å². The summed E-state index contributed by atoms with van der Waals surface area (Å²) < 4.78 is 15.0. The predicted octanol–water partition coefficient (Wildman–Crippen LogP) is 4.60. The maximum atomic E-state index is 13.2. The smallest absolute Gasteiger partial charge is 0.265 e. The summed E-state index contributed by atoms with van der Waals surface area (Å²) in [6, 6.07) is 14.9. The Morgan fingerprint density at radius 3 is 2.61 bits per heavy atom. The molecule has 6 nitrogen and oxygen atoms in total. The first-order valence-electron chi connectivity index (χ1n) is 9.85. The summed E-state index contributed by atoms with van der Waals surface area (Å²) in [5.74, 6) is -0.712. The SMILES string of the molecule is CCNC(=O)c1cccc(NC(=O)c2cc3c(C)nn(Cc4ccc(F)cc4)c3s2)c1. The molecular formula is C23H21FN4O2S. The van der Waals surface area contributed by atoms with Gasteiger partial charge in [-0.2, -0.15) is 5.10 Å². The van der Waals surface area contributed by atoms with E-state index in [1.165, 1.54) is 23.5 Å². The van der Waals surface area contributed by atoms with Gasteiger partial charge in [-0.05, 0) is 55.8 Å². The van der Waals surface area contributed by atoms with Crippen molar-refractivity contribution >= 4 is 39.1 Å². The lowest BCUT2D eigenvalue weighted by Gasteiger charge is -2.07. The van der Waals surface area contributed by atoms with Crippen LogP contribution in [0.25, 0.3) is 10.2 Å². The van der Waals surface area contributed by atoms with Crippen molar-refractivity contribution in [2.24, 2.45) is 0 Å². The molecule has 31 heavy (non-hydrogen) atoms. The van der Waals surface area contributed by atoms with Gasteiger partial charge < -0.3 is 10.6 Å². The molecule has 0 aliphatic carbocycles. The summed E-state index contributed by atoms with van der Waals surface area (Å²) in [5.41, 5.74) is 2.79. The van der Waals surface area contributed by atoms with Crippen molar-refractivity contribution in [2.45, 2.75) is 20.4 Å². The van der Waals surface area contributed by atoms with Crippen LogP contribution in [-0.4, -0.2) is 28.1 Å². The quantitative estimate of drug-likeness (QED) is 0.464. The molecule has 0 atom stereocenters. The van der Waals surface area contributed by atoms with Crippen molar-refractivity contribution in [1.29, 1.82) is 0 Å². The van der Waals surface area contributed by atoms with Gasteiger partial charge in [0.1, 0.15) is 10.6 Å². The Morgan fingerprint density at radius 1 is 1.10 bits per heavy atom. The molecule has 0 fully saturated rings. The highest BCUT2D eigenvalue weighted by molar-refractivity contribution is 7.20. The van der Waals surface area contributed by atoms with Gasteiger partial charge >= 0.3 is 0 Å². The molecule has 8 heteroatoms. The molecule has 0 spiro atoms. The number of aromatic nitrogens is 2. The third-order valence-electron chi connectivity index (χ3n) is 4.80. The Labute approximate surface area is 182 Å². The van der Waals surface area contributed by atoms with Crippen molar-refractivity contribution in [3.8, 4) is 0 Å². The molecule has 0 bridgehead atoms. The van der Waals surface area contributed by atoms with E-state index in [2.05, 4.69) is 15.7 Å². The molecule has 0 saturated heterocycles. The fourth-order valence-corrected chi connectivity index (χ4v) is 4.34. The maximum Gasteiger partial charge on any atom is 0.265 e. The summed E-state index contributed by atoms with van der Waals surface area (Å²) in [5, 5.41) is 11.1. The number of nitrogens with one attached hydrogen (secondary N) is 2. The normalized spacial score (nSPS) is 10.9. The zero-order valence-electron chi connectivity index (χ0n) is 17.1. The number of carbonyl (C=O) groups excluding carboxylic acids is 2. The highest BCUT2D eigenvalue weighted by Gasteiger charge is 2.17. The summed E-state index contributed by atoms with van der Waals surface area (Å²) in [6.45, 7) is 4.77. The predicted molar refractivity (Wildman–Crippen MR) is 120 cm³/mol. The number of aryl methyl sites for hydroxylation is 1. The lowest BCUT2D eigenvalue weighted by molar-refractivity contribution is 0.0954. The molecule has 2 aromatic carbocycles. The molecule has 158 valence electrons. The number of rotatable bonds is 6. The molecule has 0 aliphatic heterocycles. The van der Waals surface area contributed by atoms with E-state index >= 15 is 0 Å². The van der Waals surface area contributed by atoms with Gasteiger partial charge in [0.2, 0.25) is 0 Å². The van der Waals surface area contributed by atoms with E-state index < -0.39 is 0 Å². The second-order valence-corrected chi connectivity index (χ2v) is 8.12. The first kappa shape index (κ1) is 20.7. The van der Waals surface area contributed by atoms with Crippen molar-refractivity contribution in [2.75, 3.05) is 11.9 Å². The van der Waals surface area contributed by atoms with E-state index in [1.807, 2.05) is 24.6 Å². The Bertz CT molecular complexity index is 1260. The molecule has 0 radical (unpaired) electrons. The number of amides is 2. The Morgan fingerprint density at radius 2 is 1.87 bits per heavy atom. The zero-order chi connectivity index (χ0) is 22.0. The number of fused-ring (bicyclic) bond motifs is 1. The van der Waals surface area contributed by atoms with E-state index in [1.54, 1.807) is 36.4 Å². The van der Waals surface area contributed by atoms with Crippen molar-refractivity contribution in [3.63, 3.8) is 0 Å². The summed E-state index contributed by atoms with van der Waals surface area (Å²) in [6.07, 6.45) is 0. The molecule has 4 aromatic rings. The molecule has 2 aromatic heterocycles. The Balaban J connectivity index is 1.56. The molecule has 0 aliphatic rings. The zero-order valence-corrected chi connectivity index (χ0v) is 17.9. The summed E-state index contributed by atoms with van der Waals surface area (Å²) >= 11 is 1.35. The van der Waals surface area contributed by atoms with Gasteiger partial charge in [0.25, 0.3) is 11.8 Å². The number of hydrogen-bond donors (Lipinski definition) is 2. The number of benzene rings is 2. The number of hydrogen-bond acceptors (Lipinski definition) is 4. The van der Waals surface area contributed by atoms with Crippen LogP contribution in [0.1, 0.15) is 38.2 Å². The monoisotopic (exact) mass is 436 g/mol. The van der Waals surface area contributed by atoms with Gasteiger partial charge in [0, 0.05) is 23.2 Å². The van der Waals surface area contributed by atoms with E-state index in [-0.39, 0.29) is 17.6 Å². The topological polar surface area (TPSA) is 76.0 Å². The van der Waals surface area contributed by atoms with E-state index in [4.69, 9.17) is 0 Å². The first-order chi connectivity index (χ1) is 14.9. The number of anilines is 1. The van der Waals surface area contributed by atoms with Crippen LogP contribution in [0.2, 0.25) is 0 Å². The lowest BCUT2D eigenvalue weighted by atomic mass is 10.2. The summed E-state index contributed by atoms with van der Waals surface area (Å²) in [7, 11) is 0. The average Bonchev–Trinajstić information content (AvgIpc) is 3.31. The van der Waals surface area contributed by atoms with Crippen molar-refractivity contribution in [3.05, 3.63) is 82.1 Å². The number of thiophene rings is 1. The number of halogens is 1. The van der Waals surface area contributed by atoms with Gasteiger partial charge in [-0.15, -0.1) is 11.3 Å². The minimum atomic E-state index is -0.281. The number of nitrogens with zero attached hydrogens (tertiary/aromatic N) is 2.